The lowest BCUT2D eigenvalue weighted by molar-refractivity contribution is 0.0593. The molecule has 0 aliphatic carbocycles. The van der Waals surface area contributed by atoms with Gasteiger partial charge in [0.25, 0.3) is 0 Å². The van der Waals surface area contributed by atoms with Crippen molar-refractivity contribution in [3.05, 3.63) is 39.6 Å². The van der Waals surface area contributed by atoms with Crippen molar-refractivity contribution in [1.29, 1.82) is 5.26 Å². The number of aromatic nitrogens is 1. The summed E-state index contributed by atoms with van der Waals surface area (Å²) in [6, 6.07) is 5.60. The first-order chi connectivity index (χ1) is 10.4. The molecule has 6 nitrogen and oxygen atoms in total. The number of carbonyl (C=O) groups excluding carboxylic acids is 1. The second kappa shape index (κ2) is 6.12. The van der Waals surface area contributed by atoms with Crippen LogP contribution in [0.2, 0.25) is 0 Å². The maximum Gasteiger partial charge on any atom is 0.357 e. The van der Waals surface area contributed by atoms with Crippen LogP contribution in [0.5, 0.6) is 5.75 Å². The van der Waals surface area contributed by atoms with Gasteiger partial charge in [-0.25, -0.2) is 4.79 Å². The van der Waals surface area contributed by atoms with Gasteiger partial charge in [0.05, 0.1) is 31.2 Å². The number of nitriles is 1. The summed E-state index contributed by atoms with van der Waals surface area (Å²) in [5.41, 5.74) is 7.78. The third-order valence-corrected chi connectivity index (χ3v) is 3.78. The van der Waals surface area contributed by atoms with E-state index in [2.05, 4.69) is 15.9 Å². The molecule has 1 aromatic heterocycles. The molecule has 0 aliphatic rings. The van der Waals surface area contributed by atoms with Crippen molar-refractivity contribution >= 4 is 27.6 Å². The number of ether oxygens (including phenoxy) is 2. The zero-order valence-corrected chi connectivity index (χ0v) is 13.9. The number of halogens is 1. The summed E-state index contributed by atoms with van der Waals surface area (Å²) in [5.74, 6) is 0.0308. The van der Waals surface area contributed by atoms with E-state index in [1.807, 2.05) is 25.1 Å². The van der Waals surface area contributed by atoms with E-state index in [-0.39, 0.29) is 16.9 Å². The molecule has 0 spiro atoms. The quantitative estimate of drug-likeness (QED) is 0.846. The molecule has 0 unspecified atom stereocenters. The Morgan fingerprint density at radius 2 is 2.09 bits per heavy atom. The van der Waals surface area contributed by atoms with Gasteiger partial charge in [-0.3, -0.25) is 0 Å². The Balaban J connectivity index is 2.81. The van der Waals surface area contributed by atoms with Gasteiger partial charge in [-0.1, -0.05) is 15.9 Å². The molecule has 0 atom stereocenters. The number of nitrogen functional groups attached to an aromatic ring is 1. The van der Waals surface area contributed by atoms with E-state index in [1.165, 1.54) is 13.3 Å². The summed E-state index contributed by atoms with van der Waals surface area (Å²) >= 11 is 3.40. The third-order valence-electron chi connectivity index (χ3n) is 3.32. The van der Waals surface area contributed by atoms with Crippen LogP contribution < -0.4 is 10.5 Å². The van der Waals surface area contributed by atoms with E-state index < -0.39 is 5.97 Å². The third kappa shape index (κ3) is 2.53. The van der Waals surface area contributed by atoms with E-state index in [4.69, 9.17) is 20.5 Å². The van der Waals surface area contributed by atoms with E-state index in [1.54, 1.807) is 11.7 Å². The highest BCUT2D eigenvalue weighted by Gasteiger charge is 2.23. The first kappa shape index (κ1) is 15.9. The molecule has 2 rings (SSSR count). The van der Waals surface area contributed by atoms with Crippen LogP contribution in [-0.4, -0.2) is 24.8 Å². The maximum atomic E-state index is 12.0. The van der Waals surface area contributed by atoms with Gasteiger partial charge in [0.2, 0.25) is 0 Å². The second-order valence-corrected chi connectivity index (χ2v) is 5.45. The molecule has 0 aliphatic heterocycles. The Labute approximate surface area is 136 Å². The van der Waals surface area contributed by atoms with Gasteiger partial charge in [-0.2, -0.15) is 5.26 Å². The molecule has 114 valence electrons. The lowest BCUT2D eigenvalue weighted by atomic mass is 10.1. The van der Waals surface area contributed by atoms with Crippen LogP contribution in [0.3, 0.4) is 0 Å². The largest absolute Gasteiger partial charge is 0.496 e. The van der Waals surface area contributed by atoms with E-state index in [9.17, 15) is 4.79 Å². The predicted octanol–water partition coefficient (Wildman–Crippen LogP) is 2.80. The molecule has 0 amide bonds. The lowest BCUT2D eigenvalue weighted by Crippen LogP contribution is -2.12. The number of nitrogens with two attached hydrogens (primary N) is 1. The minimum Gasteiger partial charge on any atom is -0.496 e. The molecule has 0 bridgehead atoms. The fourth-order valence-electron chi connectivity index (χ4n) is 2.21. The molecular formula is C15H14BrN3O3. The molecule has 2 N–H and O–H groups in total. The number of benzene rings is 1. The topological polar surface area (TPSA) is 90.3 Å². The van der Waals surface area contributed by atoms with Crippen LogP contribution in [0.1, 0.15) is 21.6 Å². The van der Waals surface area contributed by atoms with E-state index in [0.29, 0.717) is 11.4 Å². The van der Waals surface area contributed by atoms with Crippen molar-refractivity contribution < 1.29 is 14.3 Å². The average molecular weight is 364 g/mol. The highest BCUT2D eigenvalue weighted by molar-refractivity contribution is 9.10. The van der Waals surface area contributed by atoms with Crippen LogP contribution >= 0.6 is 15.9 Å². The summed E-state index contributed by atoms with van der Waals surface area (Å²) in [5, 5.41) is 9.15. The Hall–Kier alpha value is -2.46. The fourth-order valence-corrected chi connectivity index (χ4v) is 2.63. The zero-order valence-electron chi connectivity index (χ0n) is 12.3. The number of carbonyl (C=O) groups is 1. The molecule has 1 heterocycles. The molecule has 0 fully saturated rings. The van der Waals surface area contributed by atoms with E-state index >= 15 is 0 Å². The normalized spacial score (nSPS) is 10.1. The summed E-state index contributed by atoms with van der Waals surface area (Å²) < 4.78 is 12.4. The van der Waals surface area contributed by atoms with Crippen molar-refractivity contribution in [2.45, 2.75) is 6.92 Å². The van der Waals surface area contributed by atoms with Crippen LogP contribution in [0.15, 0.2) is 22.8 Å². The van der Waals surface area contributed by atoms with Gasteiger partial charge >= 0.3 is 5.97 Å². The van der Waals surface area contributed by atoms with Gasteiger partial charge in [0, 0.05) is 16.2 Å². The highest BCUT2D eigenvalue weighted by Crippen LogP contribution is 2.33. The summed E-state index contributed by atoms with van der Waals surface area (Å²) in [7, 11) is 2.82. The van der Waals surface area contributed by atoms with Crippen LogP contribution in [-0.2, 0) is 4.74 Å². The van der Waals surface area contributed by atoms with Gasteiger partial charge in [0.1, 0.15) is 11.8 Å². The maximum absolute atomic E-state index is 12.0. The smallest absolute Gasteiger partial charge is 0.357 e. The number of hydrogen-bond acceptors (Lipinski definition) is 5. The van der Waals surface area contributed by atoms with Crippen molar-refractivity contribution in [2.75, 3.05) is 20.0 Å². The zero-order chi connectivity index (χ0) is 16.4. The number of methoxy groups -OCH3 is 2. The van der Waals surface area contributed by atoms with Crippen molar-refractivity contribution in [3.8, 4) is 17.5 Å². The number of hydrogen-bond donors (Lipinski definition) is 1. The van der Waals surface area contributed by atoms with Gasteiger partial charge in [-0.15, -0.1) is 0 Å². The molecule has 7 heteroatoms. The van der Waals surface area contributed by atoms with Crippen LogP contribution in [0.4, 0.5) is 5.69 Å². The molecule has 2 aromatic rings. The Morgan fingerprint density at radius 1 is 1.41 bits per heavy atom. The van der Waals surface area contributed by atoms with Gasteiger partial charge < -0.3 is 19.8 Å². The molecule has 1 aromatic carbocycles. The molecule has 0 saturated heterocycles. The number of rotatable bonds is 3. The SMILES string of the molecule is COC(=O)c1c(N)c(C#N)cn1-c1cc(Br)cc(OC)c1C. The molecule has 22 heavy (non-hydrogen) atoms. The summed E-state index contributed by atoms with van der Waals surface area (Å²) in [4.78, 5) is 12.0. The summed E-state index contributed by atoms with van der Waals surface area (Å²) in [6.45, 7) is 1.85. The monoisotopic (exact) mass is 363 g/mol. The number of nitrogens with zero attached hydrogens (tertiary/aromatic N) is 2. The average Bonchev–Trinajstić information content (AvgIpc) is 2.84. The summed E-state index contributed by atoms with van der Waals surface area (Å²) in [6.07, 6.45) is 1.51. The Bertz CT molecular complexity index is 790. The van der Waals surface area contributed by atoms with Crippen LogP contribution in [0, 0.1) is 18.3 Å². The first-order valence-corrected chi connectivity index (χ1v) is 7.07. The minimum absolute atomic E-state index is 0.0905. The van der Waals surface area contributed by atoms with Crippen LogP contribution in [0.25, 0.3) is 5.69 Å². The molecule has 0 saturated carbocycles. The standard InChI is InChI=1S/C15H14BrN3O3/c1-8-11(4-10(16)5-12(8)21-2)19-7-9(6-17)13(18)14(19)15(20)22-3/h4-5,7H,18H2,1-3H3. The van der Waals surface area contributed by atoms with E-state index in [0.717, 1.165) is 10.0 Å². The second-order valence-electron chi connectivity index (χ2n) is 4.53. The number of esters is 1. The van der Waals surface area contributed by atoms with Gasteiger partial charge in [0.15, 0.2) is 5.69 Å². The Morgan fingerprint density at radius 3 is 2.64 bits per heavy atom. The van der Waals surface area contributed by atoms with Gasteiger partial charge in [-0.05, 0) is 19.1 Å². The predicted molar refractivity (Wildman–Crippen MR) is 85.2 cm³/mol. The van der Waals surface area contributed by atoms with Crippen molar-refractivity contribution in [1.82, 2.24) is 4.57 Å². The minimum atomic E-state index is -0.614. The number of anilines is 1. The molecular weight excluding hydrogens is 350 g/mol. The van der Waals surface area contributed by atoms with Crippen molar-refractivity contribution in [3.63, 3.8) is 0 Å². The molecule has 0 radical (unpaired) electrons. The Kier molecular flexibility index (Phi) is 4.43. The fraction of sp³-hybridized carbons (Fsp3) is 0.200. The highest BCUT2D eigenvalue weighted by atomic mass is 79.9. The van der Waals surface area contributed by atoms with Crippen molar-refractivity contribution in [2.24, 2.45) is 0 Å². The first-order valence-electron chi connectivity index (χ1n) is 6.28. The lowest BCUT2D eigenvalue weighted by Gasteiger charge is -2.14.